The van der Waals surface area contributed by atoms with Crippen molar-refractivity contribution in [1.29, 1.82) is 0 Å². The molecule has 1 saturated heterocycles. The minimum atomic E-state index is -0.346. The summed E-state index contributed by atoms with van der Waals surface area (Å²) < 4.78 is 24.7. The second-order valence-corrected chi connectivity index (χ2v) is 7.54. The van der Waals surface area contributed by atoms with E-state index in [0.29, 0.717) is 35.4 Å². The van der Waals surface area contributed by atoms with E-state index in [1.54, 1.807) is 12.1 Å². The van der Waals surface area contributed by atoms with Gasteiger partial charge in [-0.15, -0.1) is 0 Å². The maximum Gasteiger partial charge on any atom is 0.246 e. The van der Waals surface area contributed by atoms with E-state index >= 15 is 0 Å². The molecule has 0 bridgehead atoms. The number of ether oxygens (including phenoxy) is 2. The fraction of sp³-hybridized carbons (Fsp3) is 0.222. The number of fused-ring (bicyclic) bond motifs is 1. The van der Waals surface area contributed by atoms with Crippen LogP contribution in [0.15, 0.2) is 42.5 Å². The molecule has 1 fully saturated rings. The van der Waals surface area contributed by atoms with E-state index in [1.165, 1.54) is 28.8 Å². The largest absolute Gasteiger partial charge is 0.486 e. The molecule has 2 heterocycles. The molecule has 0 spiro atoms. The number of halogens is 1. The van der Waals surface area contributed by atoms with Gasteiger partial charge in [-0.1, -0.05) is 30.0 Å². The lowest BCUT2D eigenvalue weighted by atomic mass is 10.1. The summed E-state index contributed by atoms with van der Waals surface area (Å²) in [4.78, 5) is 14.2. The lowest BCUT2D eigenvalue weighted by molar-refractivity contribution is -0.116. The van der Waals surface area contributed by atoms with Crippen LogP contribution in [0.5, 0.6) is 11.5 Å². The van der Waals surface area contributed by atoms with Gasteiger partial charge in [0, 0.05) is 0 Å². The Morgan fingerprint density at radius 1 is 1.12 bits per heavy atom. The number of thiocarbonyl (C=S) groups is 1. The molecule has 0 N–H and O–H groups in total. The monoisotopic (exact) mass is 375 g/mol. The summed E-state index contributed by atoms with van der Waals surface area (Å²) in [7, 11) is 0. The van der Waals surface area contributed by atoms with Crippen LogP contribution in [0.2, 0.25) is 0 Å². The number of anilines is 1. The van der Waals surface area contributed by atoms with Crippen molar-refractivity contribution in [3.8, 4) is 11.5 Å². The highest BCUT2D eigenvalue weighted by Gasteiger charge is 2.38. The van der Waals surface area contributed by atoms with E-state index in [9.17, 15) is 9.18 Å². The zero-order valence-corrected chi connectivity index (χ0v) is 14.7. The Balaban J connectivity index is 1.53. The number of amides is 1. The number of benzene rings is 2. The third-order valence-electron chi connectivity index (χ3n) is 4.03. The van der Waals surface area contributed by atoms with Crippen LogP contribution in [0.1, 0.15) is 5.56 Å². The number of carbonyl (C=O) groups excluding carboxylic acids is 1. The van der Waals surface area contributed by atoms with E-state index in [-0.39, 0.29) is 17.0 Å². The molecule has 1 amide bonds. The smallest absolute Gasteiger partial charge is 0.246 e. The minimum absolute atomic E-state index is 0.0866. The molecule has 4 rings (SSSR count). The van der Waals surface area contributed by atoms with Gasteiger partial charge in [0.15, 0.2) is 11.5 Å². The number of thioether (sulfide) groups is 1. The summed E-state index contributed by atoms with van der Waals surface area (Å²) in [5.41, 5.74) is 1.58. The van der Waals surface area contributed by atoms with Crippen LogP contribution in [-0.2, 0) is 11.2 Å². The predicted molar refractivity (Wildman–Crippen MR) is 99.0 cm³/mol. The highest BCUT2D eigenvalue weighted by atomic mass is 32.2. The van der Waals surface area contributed by atoms with Crippen LogP contribution in [0.25, 0.3) is 0 Å². The Hall–Kier alpha value is -2.12. The van der Waals surface area contributed by atoms with Crippen molar-refractivity contribution in [2.24, 2.45) is 0 Å². The van der Waals surface area contributed by atoms with E-state index in [4.69, 9.17) is 21.7 Å². The molecule has 2 aromatic carbocycles. The molecule has 2 aliphatic heterocycles. The molecule has 2 aliphatic rings. The fourth-order valence-electron chi connectivity index (χ4n) is 2.84. The third kappa shape index (κ3) is 3.21. The van der Waals surface area contributed by atoms with Crippen LogP contribution in [0, 0.1) is 5.82 Å². The maximum atomic E-state index is 13.1. The van der Waals surface area contributed by atoms with Gasteiger partial charge < -0.3 is 9.47 Å². The van der Waals surface area contributed by atoms with E-state index in [0.717, 1.165) is 11.3 Å². The second kappa shape index (κ2) is 6.65. The Morgan fingerprint density at radius 3 is 2.60 bits per heavy atom. The van der Waals surface area contributed by atoms with Crippen molar-refractivity contribution in [3.63, 3.8) is 0 Å². The van der Waals surface area contributed by atoms with Gasteiger partial charge in [0.1, 0.15) is 23.4 Å². The topological polar surface area (TPSA) is 38.8 Å². The molecule has 0 saturated carbocycles. The standard InChI is InChI=1S/C18H14FNO3S2/c19-12-2-4-13(5-3-12)20-17(21)16(25-18(20)24)10-11-1-6-14-15(9-11)23-8-7-22-14/h1-6,9,16H,7-8,10H2. The average molecular weight is 375 g/mol. The van der Waals surface area contributed by atoms with Gasteiger partial charge in [0.2, 0.25) is 5.91 Å². The fourth-order valence-corrected chi connectivity index (χ4v) is 4.41. The average Bonchev–Trinajstić information content (AvgIpc) is 2.89. The van der Waals surface area contributed by atoms with Crippen molar-refractivity contribution < 1.29 is 18.7 Å². The van der Waals surface area contributed by atoms with Crippen molar-refractivity contribution >= 4 is 39.9 Å². The summed E-state index contributed by atoms with van der Waals surface area (Å²) in [5.74, 6) is 0.999. The molecule has 0 radical (unpaired) electrons. The lowest BCUT2D eigenvalue weighted by Crippen LogP contribution is -2.32. The number of rotatable bonds is 3. The minimum Gasteiger partial charge on any atom is -0.486 e. The first kappa shape index (κ1) is 16.4. The highest BCUT2D eigenvalue weighted by molar-refractivity contribution is 8.25. The Morgan fingerprint density at radius 2 is 1.84 bits per heavy atom. The summed E-state index contributed by atoms with van der Waals surface area (Å²) >= 11 is 6.71. The van der Waals surface area contributed by atoms with Crippen molar-refractivity contribution in [3.05, 3.63) is 53.8 Å². The first-order chi connectivity index (χ1) is 12.1. The van der Waals surface area contributed by atoms with Gasteiger partial charge in [0.25, 0.3) is 0 Å². The van der Waals surface area contributed by atoms with Crippen LogP contribution in [0.3, 0.4) is 0 Å². The van der Waals surface area contributed by atoms with Crippen molar-refractivity contribution in [1.82, 2.24) is 0 Å². The van der Waals surface area contributed by atoms with E-state index < -0.39 is 0 Å². The Bertz CT molecular complexity index is 841. The summed E-state index contributed by atoms with van der Waals surface area (Å²) in [6.07, 6.45) is 0.540. The molecule has 25 heavy (non-hydrogen) atoms. The number of carbonyl (C=O) groups is 1. The molecule has 0 aromatic heterocycles. The molecule has 1 unspecified atom stereocenters. The Labute approximate surface area is 153 Å². The van der Waals surface area contributed by atoms with E-state index in [1.807, 2.05) is 18.2 Å². The quantitative estimate of drug-likeness (QED) is 0.767. The highest BCUT2D eigenvalue weighted by Crippen LogP contribution is 2.36. The SMILES string of the molecule is O=C1C(Cc2ccc3c(c2)OCCO3)SC(=S)N1c1ccc(F)cc1. The second-order valence-electron chi connectivity index (χ2n) is 5.70. The van der Waals surface area contributed by atoms with Gasteiger partial charge in [-0.25, -0.2) is 4.39 Å². The van der Waals surface area contributed by atoms with E-state index in [2.05, 4.69) is 0 Å². The number of hydrogen-bond acceptors (Lipinski definition) is 5. The molecule has 1 atom stereocenters. The summed E-state index contributed by atoms with van der Waals surface area (Å²) in [6.45, 7) is 1.07. The maximum absolute atomic E-state index is 13.1. The molecular weight excluding hydrogens is 361 g/mol. The normalized spacial score (nSPS) is 19.4. The number of nitrogens with zero attached hydrogens (tertiary/aromatic N) is 1. The van der Waals surface area contributed by atoms with Gasteiger partial charge in [-0.05, 0) is 48.4 Å². The lowest BCUT2D eigenvalue weighted by Gasteiger charge is -2.19. The molecule has 4 nitrogen and oxygen atoms in total. The van der Waals surface area contributed by atoms with Crippen LogP contribution < -0.4 is 14.4 Å². The zero-order valence-electron chi connectivity index (χ0n) is 13.1. The van der Waals surface area contributed by atoms with Gasteiger partial charge in [-0.3, -0.25) is 9.69 Å². The molecule has 2 aromatic rings. The first-order valence-corrected chi connectivity index (χ1v) is 9.09. The molecular formula is C18H14FNO3S2. The third-order valence-corrected chi connectivity index (χ3v) is 5.54. The van der Waals surface area contributed by atoms with Crippen molar-refractivity contribution in [2.45, 2.75) is 11.7 Å². The van der Waals surface area contributed by atoms with Crippen LogP contribution in [-0.4, -0.2) is 28.7 Å². The van der Waals surface area contributed by atoms with Gasteiger partial charge in [-0.2, -0.15) is 0 Å². The molecule has 7 heteroatoms. The van der Waals surface area contributed by atoms with Gasteiger partial charge in [0.05, 0.1) is 10.9 Å². The predicted octanol–water partition coefficient (Wildman–Crippen LogP) is 3.57. The Kier molecular flexibility index (Phi) is 4.35. The molecule has 0 aliphatic carbocycles. The summed E-state index contributed by atoms with van der Waals surface area (Å²) in [5, 5.41) is -0.305. The van der Waals surface area contributed by atoms with Crippen LogP contribution in [0.4, 0.5) is 10.1 Å². The number of hydrogen-bond donors (Lipinski definition) is 0. The van der Waals surface area contributed by atoms with Gasteiger partial charge >= 0.3 is 0 Å². The van der Waals surface area contributed by atoms with Crippen molar-refractivity contribution in [2.75, 3.05) is 18.1 Å². The first-order valence-electron chi connectivity index (χ1n) is 7.80. The molecule has 128 valence electrons. The zero-order chi connectivity index (χ0) is 17.4. The van der Waals surface area contributed by atoms with Crippen LogP contribution >= 0.6 is 24.0 Å². The summed E-state index contributed by atoms with van der Waals surface area (Å²) in [6, 6.07) is 11.5.